The Balaban J connectivity index is 2.45. The number of hydrogen-bond donors (Lipinski definition) is 2. The van der Waals surface area contributed by atoms with Crippen LogP contribution in [0.15, 0.2) is 22.8 Å². The van der Waals surface area contributed by atoms with E-state index in [2.05, 4.69) is 26.2 Å². The molecule has 0 bridgehead atoms. The van der Waals surface area contributed by atoms with Crippen molar-refractivity contribution in [1.29, 1.82) is 0 Å². The predicted molar refractivity (Wildman–Crippen MR) is 70.4 cm³/mol. The summed E-state index contributed by atoms with van der Waals surface area (Å²) in [6, 6.07) is 3.40. The summed E-state index contributed by atoms with van der Waals surface area (Å²) in [5.41, 5.74) is 0.336. The molecule has 1 aromatic heterocycles. The highest BCUT2D eigenvalue weighted by Crippen LogP contribution is 2.13. The summed E-state index contributed by atoms with van der Waals surface area (Å²) in [4.78, 5) is 26.2. The lowest BCUT2D eigenvalue weighted by Crippen LogP contribution is -2.33. The molecule has 0 aliphatic carbocycles. The second-order valence-electron chi connectivity index (χ2n) is 3.99. The van der Waals surface area contributed by atoms with Crippen LogP contribution in [0.1, 0.15) is 36.7 Å². The van der Waals surface area contributed by atoms with Gasteiger partial charge in [0.1, 0.15) is 5.69 Å². The van der Waals surface area contributed by atoms with Gasteiger partial charge in [0, 0.05) is 23.1 Å². The number of aliphatic carboxylic acids is 1. The largest absolute Gasteiger partial charge is 0.481 e. The normalized spacial score (nSPS) is 11.9. The van der Waals surface area contributed by atoms with Gasteiger partial charge in [0.05, 0.1) is 0 Å². The molecule has 6 heteroatoms. The number of rotatable bonds is 6. The van der Waals surface area contributed by atoms with Gasteiger partial charge in [-0.25, -0.2) is 4.98 Å². The first-order valence-corrected chi connectivity index (χ1v) is 6.43. The van der Waals surface area contributed by atoms with E-state index in [0.29, 0.717) is 23.0 Å². The number of nitrogens with zero attached hydrogens (tertiary/aromatic N) is 1. The van der Waals surface area contributed by atoms with Gasteiger partial charge in [0.2, 0.25) is 0 Å². The van der Waals surface area contributed by atoms with Crippen molar-refractivity contribution < 1.29 is 14.7 Å². The number of nitrogens with one attached hydrogen (secondary N) is 1. The number of carbonyl (C=O) groups is 2. The van der Waals surface area contributed by atoms with E-state index in [1.54, 1.807) is 18.3 Å². The Kier molecular flexibility index (Phi) is 5.77. The van der Waals surface area contributed by atoms with E-state index in [1.807, 2.05) is 6.92 Å². The topological polar surface area (TPSA) is 79.3 Å². The minimum absolute atomic E-state index is 0.0780. The molecule has 1 atom stereocenters. The van der Waals surface area contributed by atoms with Crippen LogP contribution in [0.3, 0.4) is 0 Å². The quantitative estimate of drug-likeness (QED) is 0.843. The molecule has 1 unspecified atom stereocenters. The molecule has 0 saturated heterocycles. The average molecular weight is 315 g/mol. The van der Waals surface area contributed by atoms with Crippen LogP contribution < -0.4 is 5.32 Å². The van der Waals surface area contributed by atoms with Gasteiger partial charge in [-0.1, -0.05) is 0 Å². The van der Waals surface area contributed by atoms with Crippen LogP contribution in [-0.4, -0.2) is 28.0 Å². The zero-order valence-electron chi connectivity index (χ0n) is 10.0. The molecule has 1 amide bonds. The summed E-state index contributed by atoms with van der Waals surface area (Å²) in [5, 5.41) is 11.3. The molecule has 0 aliphatic heterocycles. The molecular weight excluding hydrogens is 300 g/mol. The lowest BCUT2D eigenvalue weighted by Gasteiger charge is -2.13. The van der Waals surface area contributed by atoms with Gasteiger partial charge in [-0.2, -0.15) is 0 Å². The molecule has 0 aromatic carbocycles. The van der Waals surface area contributed by atoms with Crippen molar-refractivity contribution in [3.63, 3.8) is 0 Å². The molecule has 0 radical (unpaired) electrons. The highest BCUT2D eigenvalue weighted by Gasteiger charge is 2.13. The van der Waals surface area contributed by atoms with Crippen molar-refractivity contribution in [1.82, 2.24) is 10.3 Å². The first-order valence-electron chi connectivity index (χ1n) is 5.64. The van der Waals surface area contributed by atoms with E-state index in [9.17, 15) is 9.59 Å². The van der Waals surface area contributed by atoms with Gasteiger partial charge in [-0.3, -0.25) is 9.59 Å². The standard InChI is InChI=1S/C12H15BrN2O3/c1-8(4-2-6-10(16)17)15-12(18)11-9(13)5-3-7-14-11/h3,5,7-8H,2,4,6H2,1H3,(H,15,18)(H,16,17). The Morgan fingerprint density at radius 1 is 1.56 bits per heavy atom. The Labute approximate surface area is 114 Å². The summed E-state index contributed by atoms with van der Waals surface area (Å²) < 4.78 is 0.639. The molecule has 98 valence electrons. The zero-order valence-corrected chi connectivity index (χ0v) is 11.6. The summed E-state index contributed by atoms with van der Waals surface area (Å²) in [6.07, 6.45) is 2.84. The molecule has 0 fully saturated rings. The van der Waals surface area contributed by atoms with Gasteiger partial charge in [-0.05, 0) is 47.8 Å². The van der Waals surface area contributed by atoms with Crippen molar-refractivity contribution in [2.24, 2.45) is 0 Å². The van der Waals surface area contributed by atoms with Crippen molar-refractivity contribution >= 4 is 27.8 Å². The van der Waals surface area contributed by atoms with Crippen molar-refractivity contribution in [2.75, 3.05) is 0 Å². The Hall–Kier alpha value is -1.43. The zero-order chi connectivity index (χ0) is 13.5. The lowest BCUT2D eigenvalue weighted by molar-refractivity contribution is -0.137. The van der Waals surface area contributed by atoms with Crippen LogP contribution in [0.4, 0.5) is 0 Å². The molecule has 2 N–H and O–H groups in total. The first kappa shape index (κ1) is 14.6. The fourth-order valence-corrected chi connectivity index (χ4v) is 1.91. The predicted octanol–water partition coefficient (Wildman–Crippen LogP) is 2.22. The molecule has 1 rings (SSSR count). The highest BCUT2D eigenvalue weighted by molar-refractivity contribution is 9.10. The van der Waals surface area contributed by atoms with Crippen molar-refractivity contribution in [2.45, 2.75) is 32.2 Å². The summed E-state index contributed by atoms with van der Waals surface area (Å²) in [7, 11) is 0. The van der Waals surface area contributed by atoms with E-state index in [0.717, 1.165) is 0 Å². The Morgan fingerprint density at radius 2 is 2.28 bits per heavy atom. The smallest absolute Gasteiger partial charge is 0.303 e. The molecule has 1 aromatic rings. The summed E-state index contributed by atoms with van der Waals surface area (Å²) >= 11 is 3.26. The van der Waals surface area contributed by atoms with E-state index in [4.69, 9.17) is 5.11 Å². The minimum Gasteiger partial charge on any atom is -0.481 e. The molecule has 0 spiro atoms. The number of carboxylic acid groups (broad SMARTS) is 1. The number of amides is 1. The van der Waals surface area contributed by atoms with E-state index < -0.39 is 5.97 Å². The number of pyridine rings is 1. The maximum absolute atomic E-state index is 11.9. The molecule has 0 saturated carbocycles. The van der Waals surface area contributed by atoms with Gasteiger partial charge >= 0.3 is 5.97 Å². The van der Waals surface area contributed by atoms with Gasteiger partial charge in [0.15, 0.2) is 0 Å². The van der Waals surface area contributed by atoms with E-state index in [-0.39, 0.29) is 18.4 Å². The van der Waals surface area contributed by atoms with E-state index in [1.165, 1.54) is 0 Å². The number of hydrogen-bond acceptors (Lipinski definition) is 3. The van der Waals surface area contributed by atoms with Crippen LogP contribution in [-0.2, 0) is 4.79 Å². The maximum Gasteiger partial charge on any atom is 0.303 e. The maximum atomic E-state index is 11.9. The number of carbonyl (C=O) groups excluding carboxylic acids is 1. The Morgan fingerprint density at radius 3 is 2.89 bits per heavy atom. The number of halogens is 1. The van der Waals surface area contributed by atoms with Crippen LogP contribution in [0.25, 0.3) is 0 Å². The first-order chi connectivity index (χ1) is 8.50. The lowest BCUT2D eigenvalue weighted by atomic mass is 10.1. The molecular formula is C12H15BrN2O3. The SMILES string of the molecule is CC(CCCC(=O)O)NC(=O)c1ncccc1Br. The van der Waals surface area contributed by atoms with Crippen molar-refractivity contribution in [3.8, 4) is 0 Å². The third kappa shape index (κ3) is 4.83. The average Bonchev–Trinajstić information content (AvgIpc) is 2.28. The van der Waals surface area contributed by atoms with Crippen molar-refractivity contribution in [3.05, 3.63) is 28.5 Å². The Bertz CT molecular complexity index is 437. The molecule has 1 heterocycles. The second kappa shape index (κ2) is 7.10. The molecule has 18 heavy (non-hydrogen) atoms. The van der Waals surface area contributed by atoms with Crippen LogP contribution >= 0.6 is 15.9 Å². The molecule has 0 aliphatic rings. The monoisotopic (exact) mass is 314 g/mol. The third-order valence-corrected chi connectivity index (χ3v) is 3.02. The van der Waals surface area contributed by atoms with E-state index >= 15 is 0 Å². The summed E-state index contributed by atoms with van der Waals surface area (Å²) in [5.74, 6) is -1.08. The van der Waals surface area contributed by atoms with Crippen LogP contribution in [0, 0.1) is 0 Å². The van der Waals surface area contributed by atoms with Gasteiger partial charge in [-0.15, -0.1) is 0 Å². The van der Waals surface area contributed by atoms with Gasteiger partial charge < -0.3 is 10.4 Å². The van der Waals surface area contributed by atoms with Crippen LogP contribution in [0.2, 0.25) is 0 Å². The molecule has 5 nitrogen and oxygen atoms in total. The highest BCUT2D eigenvalue weighted by atomic mass is 79.9. The second-order valence-corrected chi connectivity index (χ2v) is 4.85. The fraction of sp³-hybridized carbons (Fsp3) is 0.417. The fourth-order valence-electron chi connectivity index (χ4n) is 1.48. The number of carboxylic acids is 1. The summed E-state index contributed by atoms with van der Waals surface area (Å²) in [6.45, 7) is 1.84. The minimum atomic E-state index is -0.819. The third-order valence-electron chi connectivity index (χ3n) is 2.38. The van der Waals surface area contributed by atoms with Crippen LogP contribution in [0.5, 0.6) is 0 Å². The van der Waals surface area contributed by atoms with Gasteiger partial charge in [0.25, 0.3) is 5.91 Å². The number of aromatic nitrogens is 1.